The number of pyridine rings is 1. The van der Waals surface area contributed by atoms with Gasteiger partial charge in [-0.1, -0.05) is 40.0 Å². The first kappa shape index (κ1) is 18.0. The van der Waals surface area contributed by atoms with Gasteiger partial charge < -0.3 is 10.1 Å². The SMILES string of the molecule is CCCCCCC(C)Oc1ccnc(CNCC(C)C)c1. The van der Waals surface area contributed by atoms with Gasteiger partial charge in [-0.2, -0.15) is 0 Å². The van der Waals surface area contributed by atoms with E-state index in [1.165, 1.54) is 25.7 Å². The zero-order valence-corrected chi connectivity index (χ0v) is 14.2. The molecule has 0 aromatic carbocycles. The minimum Gasteiger partial charge on any atom is -0.491 e. The van der Waals surface area contributed by atoms with Gasteiger partial charge in [0.1, 0.15) is 5.75 Å². The molecule has 3 heteroatoms. The first-order valence-electron chi connectivity index (χ1n) is 8.44. The van der Waals surface area contributed by atoms with Crippen LogP contribution in [0.1, 0.15) is 65.5 Å². The molecule has 0 spiro atoms. The van der Waals surface area contributed by atoms with Crippen LogP contribution in [-0.2, 0) is 6.54 Å². The monoisotopic (exact) mass is 292 g/mol. The van der Waals surface area contributed by atoms with Crippen molar-refractivity contribution in [1.29, 1.82) is 0 Å². The second-order valence-electron chi connectivity index (χ2n) is 6.29. The molecule has 0 radical (unpaired) electrons. The molecule has 0 bridgehead atoms. The predicted molar refractivity (Wildman–Crippen MR) is 89.6 cm³/mol. The van der Waals surface area contributed by atoms with Crippen LogP contribution in [0, 0.1) is 5.92 Å². The molecule has 0 aliphatic rings. The van der Waals surface area contributed by atoms with Crippen molar-refractivity contribution < 1.29 is 4.74 Å². The summed E-state index contributed by atoms with van der Waals surface area (Å²) in [5.41, 5.74) is 1.05. The summed E-state index contributed by atoms with van der Waals surface area (Å²) in [7, 11) is 0. The molecule has 3 nitrogen and oxygen atoms in total. The molecule has 1 rings (SSSR count). The summed E-state index contributed by atoms with van der Waals surface area (Å²) in [6.07, 6.45) is 8.42. The standard InChI is InChI=1S/C18H32N2O/c1-5-6-7-8-9-16(4)21-18-10-11-20-17(12-18)14-19-13-15(2)3/h10-12,15-16,19H,5-9,13-14H2,1-4H3. The van der Waals surface area contributed by atoms with Gasteiger partial charge in [0.25, 0.3) is 0 Å². The van der Waals surface area contributed by atoms with Gasteiger partial charge in [0, 0.05) is 18.8 Å². The zero-order chi connectivity index (χ0) is 15.5. The molecule has 1 unspecified atom stereocenters. The minimum atomic E-state index is 0.278. The van der Waals surface area contributed by atoms with E-state index < -0.39 is 0 Å². The third kappa shape index (κ3) is 8.71. The van der Waals surface area contributed by atoms with E-state index in [9.17, 15) is 0 Å². The average molecular weight is 292 g/mol. The number of ether oxygens (including phenoxy) is 1. The van der Waals surface area contributed by atoms with E-state index in [0.717, 1.165) is 31.0 Å². The molecule has 0 aliphatic carbocycles. The molecule has 0 amide bonds. The first-order valence-corrected chi connectivity index (χ1v) is 8.44. The number of rotatable bonds is 11. The van der Waals surface area contributed by atoms with Gasteiger partial charge >= 0.3 is 0 Å². The van der Waals surface area contributed by atoms with Crippen LogP contribution in [0.4, 0.5) is 0 Å². The highest BCUT2D eigenvalue weighted by molar-refractivity contribution is 5.22. The summed E-state index contributed by atoms with van der Waals surface area (Å²) in [6, 6.07) is 4.00. The first-order chi connectivity index (χ1) is 10.1. The van der Waals surface area contributed by atoms with E-state index in [4.69, 9.17) is 4.74 Å². The highest BCUT2D eigenvalue weighted by Crippen LogP contribution is 2.16. The topological polar surface area (TPSA) is 34.1 Å². The Kier molecular flexibility index (Phi) is 9.07. The van der Waals surface area contributed by atoms with Crippen molar-refractivity contribution in [2.24, 2.45) is 5.92 Å². The number of nitrogens with one attached hydrogen (secondary N) is 1. The summed E-state index contributed by atoms with van der Waals surface area (Å²) < 4.78 is 5.99. The third-order valence-corrected chi connectivity index (χ3v) is 3.45. The lowest BCUT2D eigenvalue weighted by Gasteiger charge is -2.15. The molecule has 0 aliphatic heterocycles. The van der Waals surface area contributed by atoms with E-state index in [-0.39, 0.29) is 6.10 Å². The Morgan fingerprint density at radius 1 is 1.19 bits per heavy atom. The van der Waals surface area contributed by atoms with E-state index >= 15 is 0 Å². The van der Waals surface area contributed by atoms with Crippen LogP contribution in [-0.4, -0.2) is 17.6 Å². The number of hydrogen-bond donors (Lipinski definition) is 1. The maximum Gasteiger partial charge on any atom is 0.123 e. The van der Waals surface area contributed by atoms with Crippen molar-refractivity contribution in [2.45, 2.75) is 72.4 Å². The average Bonchev–Trinajstić information content (AvgIpc) is 2.44. The van der Waals surface area contributed by atoms with Crippen LogP contribution in [0.15, 0.2) is 18.3 Å². The Bertz CT molecular complexity index is 379. The zero-order valence-electron chi connectivity index (χ0n) is 14.2. The molecule has 21 heavy (non-hydrogen) atoms. The van der Waals surface area contributed by atoms with Crippen LogP contribution in [0.25, 0.3) is 0 Å². The Labute approximate surface area is 130 Å². The molecular weight excluding hydrogens is 260 g/mol. The van der Waals surface area contributed by atoms with Crippen molar-refractivity contribution in [3.63, 3.8) is 0 Å². The fourth-order valence-electron chi connectivity index (χ4n) is 2.26. The lowest BCUT2D eigenvalue weighted by molar-refractivity contribution is 0.206. The van der Waals surface area contributed by atoms with Crippen molar-refractivity contribution in [2.75, 3.05) is 6.54 Å². The molecule has 1 N–H and O–H groups in total. The fourth-order valence-corrected chi connectivity index (χ4v) is 2.26. The molecule has 0 fully saturated rings. The normalized spacial score (nSPS) is 12.6. The van der Waals surface area contributed by atoms with E-state index in [0.29, 0.717) is 5.92 Å². The Morgan fingerprint density at radius 3 is 2.71 bits per heavy atom. The van der Waals surface area contributed by atoms with Crippen LogP contribution in [0.2, 0.25) is 0 Å². The second kappa shape index (κ2) is 10.6. The number of aromatic nitrogens is 1. The van der Waals surface area contributed by atoms with Crippen LogP contribution >= 0.6 is 0 Å². The maximum atomic E-state index is 5.99. The van der Waals surface area contributed by atoms with Gasteiger partial charge in [-0.05, 0) is 38.3 Å². The third-order valence-electron chi connectivity index (χ3n) is 3.45. The highest BCUT2D eigenvalue weighted by Gasteiger charge is 2.05. The summed E-state index contributed by atoms with van der Waals surface area (Å²) in [4.78, 5) is 4.39. The van der Waals surface area contributed by atoms with Crippen LogP contribution in [0.5, 0.6) is 5.75 Å². The maximum absolute atomic E-state index is 5.99. The van der Waals surface area contributed by atoms with Gasteiger partial charge in [-0.25, -0.2) is 0 Å². The fraction of sp³-hybridized carbons (Fsp3) is 0.722. The molecule has 1 aromatic rings. The van der Waals surface area contributed by atoms with Crippen LogP contribution < -0.4 is 10.1 Å². The second-order valence-corrected chi connectivity index (χ2v) is 6.29. The quantitative estimate of drug-likeness (QED) is 0.607. The van der Waals surface area contributed by atoms with Crippen molar-refractivity contribution >= 4 is 0 Å². The number of nitrogens with zero attached hydrogens (tertiary/aromatic N) is 1. The molecular formula is C18H32N2O. The van der Waals surface area contributed by atoms with Crippen LogP contribution in [0.3, 0.4) is 0 Å². The highest BCUT2D eigenvalue weighted by atomic mass is 16.5. The Hall–Kier alpha value is -1.09. The Morgan fingerprint density at radius 2 is 2.00 bits per heavy atom. The number of unbranched alkanes of at least 4 members (excludes halogenated alkanes) is 3. The summed E-state index contributed by atoms with van der Waals surface area (Å²) in [5.74, 6) is 1.60. The lowest BCUT2D eigenvalue weighted by Crippen LogP contribution is -2.19. The largest absolute Gasteiger partial charge is 0.491 e. The lowest BCUT2D eigenvalue weighted by atomic mass is 10.1. The molecule has 120 valence electrons. The van der Waals surface area contributed by atoms with Gasteiger partial charge in [0.15, 0.2) is 0 Å². The van der Waals surface area contributed by atoms with Crippen molar-refractivity contribution in [3.05, 3.63) is 24.0 Å². The number of hydrogen-bond acceptors (Lipinski definition) is 3. The summed E-state index contributed by atoms with van der Waals surface area (Å²) >= 11 is 0. The van der Waals surface area contributed by atoms with Gasteiger partial charge in [0.2, 0.25) is 0 Å². The molecule has 0 saturated heterocycles. The molecule has 1 atom stereocenters. The van der Waals surface area contributed by atoms with E-state index in [2.05, 4.69) is 44.1 Å². The summed E-state index contributed by atoms with van der Waals surface area (Å²) in [5, 5.41) is 3.41. The van der Waals surface area contributed by atoms with Gasteiger partial charge in [-0.15, -0.1) is 0 Å². The van der Waals surface area contributed by atoms with Crippen molar-refractivity contribution in [3.8, 4) is 5.75 Å². The molecule has 0 saturated carbocycles. The smallest absolute Gasteiger partial charge is 0.123 e. The summed E-state index contributed by atoms with van der Waals surface area (Å²) in [6.45, 7) is 10.6. The van der Waals surface area contributed by atoms with E-state index in [1.807, 2.05) is 12.3 Å². The Balaban J connectivity index is 2.34. The van der Waals surface area contributed by atoms with Crippen molar-refractivity contribution in [1.82, 2.24) is 10.3 Å². The van der Waals surface area contributed by atoms with Gasteiger partial charge in [0.05, 0.1) is 11.8 Å². The predicted octanol–water partition coefficient (Wildman–Crippen LogP) is 4.56. The minimum absolute atomic E-state index is 0.278. The molecule has 1 heterocycles. The van der Waals surface area contributed by atoms with E-state index in [1.54, 1.807) is 0 Å². The van der Waals surface area contributed by atoms with Gasteiger partial charge in [-0.3, -0.25) is 4.98 Å². The molecule has 1 aromatic heterocycles.